The number of nitrogens with zero attached hydrogens (tertiary/aromatic N) is 3. The Morgan fingerprint density at radius 3 is 2.96 bits per heavy atom. The summed E-state index contributed by atoms with van der Waals surface area (Å²) in [6, 6.07) is 11.1. The smallest absolute Gasteiger partial charge is 0.230 e. The van der Waals surface area contributed by atoms with Crippen molar-refractivity contribution in [2.45, 2.75) is 18.2 Å². The lowest BCUT2D eigenvalue weighted by atomic mass is 10.2. The topological polar surface area (TPSA) is 73.0 Å². The Bertz CT molecular complexity index is 804. The zero-order valence-corrected chi connectivity index (χ0v) is 14.3. The van der Waals surface area contributed by atoms with Crippen LogP contribution >= 0.6 is 23.4 Å². The predicted octanol–water partition coefficient (Wildman–Crippen LogP) is 2.98. The van der Waals surface area contributed by atoms with E-state index in [1.165, 1.54) is 11.8 Å². The van der Waals surface area contributed by atoms with E-state index in [-0.39, 0.29) is 11.7 Å². The molecule has 8 heteroatoms. The molecule has 1 N–H and O–H groups in total. The summed E-state index contributed by atoms with van der Waals surface area (Å²) in [7, 11) is 0. The van der Waals surface area contributed by atoms with Crippen molar-refractivity contribution in [2.75, 3.05) is 5.75 Å². The van der Waals surface area contributed by atoms with Crippen molar-refractivity contribution in [3.05, 3.63) is 65.3 Å². The molecule has 0 saturated heterocycles. The van der Waals surface area contributed by atoms with E-state index in [9.17, 15) is 4.79 Å². The lowest BCUT2D eigenvalue weighted by molar-refractivity contribution is -0.118. The maximum atomic E-state index is 12.0. The fourth-order valence-electron chi connectivity index (χ4n) is 2.05. The summed E-state index contributed by atoms with van der Waals surface area (Å²) in [5.41, 5.74) is 0.888. The Morgan fingerprint density at radius 1 is 1.29 bits per heavy atom. The van der Waals surface area contributed by atoms with Gasteiger partial charge in [-0.3, -0.25) is 4.79 Å². The Morgan fingerprint density at radius 2 is 2.17 bits per heavy atom. The molecule has 0 saturated carbocycles. The summed E-state index contributed by atoms with van der Waals surface area (Å²) in [5, 5.41) is 12.1. The van der Waals surface area contributed by atoms with Crippen LogP contribution in [0.5, 0.6) is 0 Å². The molecule has 0 unspecified atom stereocenters. The molecule has 1 aromatic carbocycles. The molecular weight excluding hydrogens is 348 g/mol. The molecule has 2 heterocycles. The second-order valence-electron chi connectivity index (χ2n) is 4.98. The number of amides is 1. The van der Waals surface area contributed by atoms with Gasteiger partial charge in [-0.05, 0) is 23.8 Å². The van der Waals surface area contributed by atoms with E-state index in [0.717, 1.165) is 11.3 Å². The third-order valence-corrected chi connectivity index (χ3v) is 4.60. The Balaban J connectivity index is 1.50. The van der Waals surface area contributed by atoms with Gasteiger partial charge >= 0.3 is 0 Å². The Hall–Kier alpha value is -2.25. The quantitative estimate of drug-likeness (QED) is 0.654. The van der Waals surface area contributed by atoms with E-state index in [1.807, 2.05) is 34.9 Å². The van der Waals surface area contributed by atoms with Gasteiger partial charge in [-0.1, -0.05) is 41.6 Å². The largest absolute Gasteiger partial charge is 0.467 e. The molecule has 0 radical (unpaired) electrons. The van der Waals surface area contributed by atoms with Gasteiger partial charge < -0.3 is 14.3 Å². The van der Waals surface area contributed by atoms with Gasteiger partial charge in [0, 0.05) is 11.6 Å². The summed E-state index contributed by atoms with van der Waals surface area (Å²) in [6.07, 6.45) is 3.24. The lowest BCUT2D eigenvalue weighted by Crippen LogP contribution is -2.24. The standard InChI is InChI=1S/C16H15ClN4O2S/c17-14-6-2-1-4-12(14)8-18-15(22)10-24-16-20-19-11-21(16)9-13-5-3-7-23-13/h1-7,11H,8-10H2,(H,18,22). The van der Waals surface area contributed by atoms with Crippen LogP contribution in [-0.2, 0) is 17.9 Å². The second-order valence-corrected chi connectivity index (χ2v) is 6.33. The summed E-state index contributed by atoms with van der Waals surface area (Å²) in [4.78, 5) is 12.0. The third-order valence-electron chi connectivity index (χ3n) is 3.25. The minimum atomic E-state index is -0.0903. The van der Waals surface area contributed by atoms with Gasteiger partial charge in [0.15, 0.2) is 5.16 Å². The summed E-state index contributed by atoms with van der Waals surface area (Å²) < 4.78 is 7.15. The first kappa shape index (κ1) is 16.6. The number of thioether (sulfide) groups is 1. The molecule has 0 aliphatic heterocycles. The van der Waals surface area contributed by atoms with Crippen LogP contribution in [0.2, 0.25) is 5.02 Å². The van der Waals surface area contributed by atoms with Crippen molar-refractivity contribution in [1.29, 1.82) is 0 Å². The van der Waals surface area contributed by atoms with E-state index in [1.54, 1.807) is 18.7 Å². The predicted molar refractivity (Wildman–Crippen MR) is 91.9 cm³/mol. The number of halogens is 1. The van der Waals surface area contributed by atoms with E-state index < -0.39 is 0 Å². The fraction of sp³-hybridized carbons (Fsp3) is 0.188. The Kier molecular flexibility index (Phi) is 5.55. The number of furan rings is 1. The summed E-state index contributed by atoms with van der Waals surface area (Å²) >= 11 is 7.39. The second kappa shape index (κ2) is 8.03. The van der Waals surface area contributed by atoms with Crippen LogP contribution in [-0.4, -0.2) is 26.4 Å². The first-order valence-electron chi connectivity index (χ1n) is 7.25. The molecule has 3 aromatic rings. The molecular formula is C16H15ClN4O2S. The summed E-state index contributed by atoms with van der Waals surface area (Å²) in [6.45, 7) is 0.932. The van der Waals surface area contributed by atoms with Crippen LogP contribution in [0.4, 0.5) is 0 Å². The minimum absolute atomic E-state index is 0.0903. The van der Waals surface area contributed by atoms with Gasteiger partial charge in [0.05, 0.1) is 18.6 Å². The molecule has 24 heavy (non-hydrogen) atoms. The average molecular weight is 363 g/mol. The van der Waals surface area contributed by atoms with Crippen molar-refractivity contribution >= 4 is 29.3 Å². The number of carbonyl (C=O) groups is 1. The van der Waals surface area contributed by atoms with E-state index in [0.29, 0.717) is 23.3 Å². The minimum Gasteiger partial charge on any atom is -0.467 e. The Labute approximate surface area is 148 Å². The first-order valence-corrected chi connectivity index (χ1v) is 8.62. The van der Waals surface area contributed by atoms with Gasteiger partial charge in [0.2, 0.25) is 5.91 Å². The van der Waals surface area contributed by atoms with Gasteiger partial charge in [-0.15, -0.1) is 10.2 Å². The molecule has 0 atom stereocenters. The van der Waals surface area contributed by atoms with Crippen LogP contribution in [0.15, 0.2) is 58.6 Å². The fourth-order valence-corrected chi connectivity index (χ4v) is 3.00. The highest BCUT2D eigenvalue weighted by Crippen LogP contribution is 2.17. The molecule has 3 rings (SSSR count). The van der Waals surface area contributed by atoms with Gasteiger partial charge in [-0.25, -0.2) is 0 Å². The zero-order valence-electron chi connectivity index (χ0n) is 12.7. The molecule has 124 valence electrons. The molecule has 0 aliphatic rings. The maximum absolute atomic E-state index is 12.0. The highest BCUT2D eigenvalue weighted by molar-refractivity contribution is 7.99. The van der Waals surface area contributed by atoms with Crippen molar-refractivity contribution in [3.63, 3.8) is 0 Å². The third kappa shape index (κ3) is 4.39. The number of aromatic nitrogens is 3. The van der Waals surface area contributed by atoms with Crippen LogP contribution in [0.25, 0.3) is 0 Å². The van der Waals surface area contributed by atoms with Crippen LogP contribution in [0, 0.1) is 0 Å². The number of rotatable bonds is 7. The normalized spacial score (nSPS) is 10.7. The number of nitrogens with one attached hydrogen (secondary N) is 1. The highest BCUT2D eigenvalue weighted by atomic mass is 35.5. The molecule has 6 nitrogen and oxygen atoms in total. The van der Waals surface area contributed by atoms with Crippen LogP contribution in [0.3, 0.4) is 0 Å². The molecule has 0 bridgehead atoms. The van der Waals surface area contributed by atoms with Crippen LogP contribution < -0.4 is 5.32 Å². The highest BCUT2D eigenvalue weighted by Gasteiger charge is 2.10. The van der Waals surface area contributed by atoms with Gasteiger partial charge in [0.25, 0.3) is 0 Å². The van der Waals surface area contributed by atoms with E-state index in [2.05, 4.69) is 15.5 Å². The van der Waals surface area contributed by atoms with E-state index in [4.69, 9.17) is 16.0 Å². The van der Waals surface area contributed by atoms with Gasteiger partial charge in [-0.2, -0.15) is 0 Å². The van der Waals surface area contributed by atoms with Crippen molar-refractivity contribution < 1.29 is 9.21 Å². The number of carbonyl (C=O) groups excluding carboxylic acids is 1. The number of hydrogen-bond acceptors (Lipinski definition) is 5. The SMILES string of the molecule is O=C(CSc1nncn1Cc1ccco1)NCc1ccccc1Cl. The van der Waals surface area contributed by atoms with E-state index >= 15 is 0 Å². The molecule has 2 aromatic heterocycles. The molecule has 0 spiro atoms. The number of benzene rings is 1. The molecule has 0 fully saturated rings. The first-order chi connectivity index (χ1) is 11.7. The summed E-state index contributed by atoms with van der Waals surface area (Å²) in [5.74, 6) is 0.966. The van der Waals surface area contributed by atoms with Crippen molar-refractivity contribution in [1.82, 2.24) is 20.1 Å². The van der Waals surface area contributed by atoms with Crippen molar-refractivity contribution in [2.24, 2.45) is 0 Å². The van der Waals surface area contributed by atoms with Crippen LogP contribution in [0.1, 0.15) is 11.3 Å². The number of hydrogen-bond donors (Lipinski definition) is 1. The zero-order chi connectivity index (χ0) is 16.8. The molecule has 0 aliphatic carbocycles. The maximum Gasteiger partial charge on any atom is 0.230 e. The monoisotopic (exact) mass is 362 g/mol. The van der Waals surface area contributed by atoms with Gasteiger partial charge in [0.1, 0.15) is 12.1 Å². The lowest BCUT2D eigenvalue weighted by Gasteiger charge is -2.07. The average Bonchev–Trinajstić information content (AvgIpc) is 3.24. The van der Waals surface area contributed by atoms with Crippen molar-refractivity contribution in [3.8, 4) is 0 Å². The molecule has 1 amide bonds.